The molecule has 0 amide bonds. The largest absolute Gasteiger partial charge is 0.382 e. The van der Waals surface area contributed by atoms with Crippen LogP contribution in [-0.2, 0) is 36.2 Å². The van der Waals surface area contributed by atoms with Crippen molar-refractivity contribution in [2.75, 3.05) is 38.5 Å². The molecule has 0 saturated carbocycles. The lowest BCUT2D eigenvalue weighted by Gasteiger charge is -2.19. The molecule has 1 aromatic carbocycles. The Hall–Kier alpha value is -2.36. The number of nitrogens with two attached hydrogens (primary N) is 1. The molecule has 0 radical (unpaired) electrons. The highest BCUT2D eigenvalue weighted by molar-refractivity contribution is 7.53. The minimum absolute atomic E-state index is 0.149. The Bertz CT molecular complexity index is 1230. The molecule has 2 heterocycles. The number of benzene rings is 1. The summed E-state index contributed by atoms with van der Waals surface area (Å²) in [6, 6.07) is 9.62. The van der Waals surface area contributed by atoms with Crippen LogP contribution in [0.3, 0.4) is 0 Å². The number of imidazole rings is 1. The second kappa shape index (κ2) is 23.9. The Morgan fingerprint density at radius 3 is 2.00 bits per heavy atom. The van der Waals surface area contributed by atoms with E-state index in [1.807, 2.05) is 34.9 Å². The van der Waals surface area contributed by atoms with Crippen molar-refractivity contribution >= 4 is 24.6 Å². The van der Waals surface area contributed by atoms with Crippen LogP contribution in [0.2, 0.25) is 0 Å². The van der Waals surface area contributed by atoms with E-state index in [1.165, 1.54) is 96.2 Å². The molecule has 3 aromatic rings. The number of hydrogen-bond donors (Lipinski definition) is 1. The van der Waals surface area contributed by atoms with Crippen molar-refractivity contribution in [1.29, 1.82) is 0 Å². The lowest BCUT2D eigenvalue weighted by molar-refractivity contribution is 0.0979. The Labute approximate surface area is 276 Å². The molecule has 3 rings (SSSR count). The van der Waals surface area contributed by atoms with Gasteiger partial charge in [-0.1, -0.05) is 127 Å². The van der Waals surface area contributed by atoms with Gasteiger partial charge in [0.2, 0.25) is 0 Å². The van der Waals surface area contributed by atoms with E-state index in [9.17, 15) is 4.57 Å². The van der Waals surface area contributed by atoms with Gasteiger partial charge in [0.15, 0.2) is 11.5 Å². The molecule has 1 atom stereocenters. The highest BCUT2D eigenvalue weighted by Crippen LogP contribution is 2.49. The molecule has 1 unspecified atom stereocenters. The zero-order valence-electron chi connectivity index (χ0n) is 28.2. The number of unbranched alkanes of at least 4 members (excludes halogenated alkanes) is 14. The van der Waals surface area contributed by atoms with Crippen molar-refractivity contribution in [3.8, 4) is 0 Å². The van der Waals surface area contributed by atoms with Gasteiger partial charge in [0, 0.05) is 19.8 Å². The van der Waals surface area contributed by atoms with E-state index in [0.29, 0.717) is 36.6 Å². The molecule has 0 saturated heterocycles. The first-order valence-electron chi connectivity index (χ1n) is 17.6. The number of fused-ring (bicyclic) bond motifs is 1. The number of ether oxygens (including phenoxy) is 2. The maximum Gasteiger partial charge on any atom is 0.356 e. The molecule has 11 heteroatoms. The fourth-order valence-electron chi connectivity index (χ4n) is 5.30. The van der Waals surface area contributed by atoms with Crippen molar-refractivity contribution in [2.45, 2.75) is 123 Å². The van der Waals surface area contributed by atoms with Crippen molar-refractivity contribution in [3.63, 3.8) is 0 Å². The van der Waals surface area contributed by atoms with Crippen molar-refractivity contribution < 1.29 is 23.1 Å². The van der Waals surface area contributed by atoms with Gasteiger partial charge in [-0.2, -0.15) is 0 Å². The summed E-state index contributed by atoms with van der Waals surface area (Å²) in [6.07, 6.45) is 23.8. The van der Waals surface area contributed by atoms with Crippen LogP contribution in [0.4, 0.5) is 5.82 Å². The summed E-state index contributed by atoms with van der Waals surface area (Å²) in [5.41, 5.74) is 7.96. The molecular formula is C35H58N5O5P. The quantitative estimate of drug-likeness (QED) is 0.0574. The Kier molecular flexibility index (Phi) is 19.8. The maximum atomic E-state index is 13.5. The molecule has 2 N–H and O–H groups in total. The SMILES string of the molecule is CCCCCCCCCCCCCCCCCOCCCOP(=O)(COCCn1cnc2c(N)ncnc21)OCc1ccccc1. The standard InChI is InChI=1S/C35H58N5O5P/c1-2-3-4-5-6-7-8-9-10-11-12-13-14-15-19-24-42-25-20-26-44-46(41,45-28-32-21-17-16-18-22-32)31-43-27-23-40-30-39-33-34(36)37-29-38-35(33)40/h16-18,21-22,29-30H,2-15,19-20,23-28,31H2,1H3,(H2,36,37,38). The summed E-state index contributed by atoms with van der Waals surface area (Å²) in [6.45, 7) is 4.79. The molecule has 0 spiro atoms. The van der Waals surface area contributed by atoms with E-state index < -0.39 is 7.60 Å². The van der Waals surface area contributed by atoms with E-state index >= 15 is 0 Å². The lowest BCUT2D eigenvalue weighted by Crippen LogP contribution is -2.10. The highest BCUT2D eigenvalue weighted by Gasteiger charge is 2.25. The zero-order chi connectivity index (χ0) is 32.5. The smallest absolute Gasteiger partial charge is 0.356 e. The minimum atomic E-state index is -3.49. The number of nitrogen functional groups attached to an aromatic ring is 1. The average Bonchev–Trinajstić information content (AvgIpc) is 3.50. The number of anilines is 1. The first-order valence-corrected chi connectivity index (χ1v) is 19.3. The first kappa shape index (κ1) is 38.1. The van der Waals surface area contributed by atoms with Crippen LogP contribution in [0.25, 0.3) is 11.2 Å². The third kappa shape index (κ3) is 16.0. The number of aromatic nitrogens is 4. The monoisotopic (exact) mass is 659 g/mol. The molecular weight excluding hydrogens is 601 g/mol. The summed E-state index contributed by atoms with van der Waals surface area (Å²) in [4.78, 5) is 12.5. The van der Waals surface area contributed by atoms with Crippen LogP contribution < -0.4 is 5.73 Å². The summed E-state index contributed by atoms with van der Waals surface area (Å²) >= 11 is 0. The highest BCUT2D eigenvalue weighted by atomic mass is 31.2. The van der Waals surface area contributed by atoms with E-state index in [-0.39, 0.29) is 26.2 Å². The predicted molar refractivity (Wildman–Crippen MR) is 186 cm³/mol. The molecule has 0 aliphatic rings. The molecule has 10 nitrogen and oxygen atoms in total. The Morgan fingerprint density at radius 2 is 1.33 bits per heavy atom. The van der Waals surface area contributed by atoms with E-state index in [2.05, 4.69) is 21.9 Å². The zero-order valence-corrected chi connectivity index (χ0v) is 29.1. The van der Waals surface area contributed by atoms with Crippen LogP contribution in [0, 0.1) is 0 Å². The van der Waals surface area contributed by atoms with E-state index in [1.54, 1.807) is 6.33 Å². The second-order valence-electron chi connectivity index (χ2n) is 12.0. The Morgan fingerprint density at radius 1 is 0.696 bits per heavy atom. The normalized spacial score (nSPS) is 13.0. The third-order valence-electron chi connectivity index (χ3n) is 8.04. The Balaban J connectivity index is 1.21. The first-order chi connectivity index (χ1) is 22.6. The van der Waals surface area contributed by atoms with Gasteiger partial charge in [-0.25, -0.2) is 15.0 Å². The van der Waals surface area contributed by atoms with Gasteiger partial charge in [0.05, 0.1) is 26.1 Å². The summed E-state index contributed by atoms with van der Waals surface area (Å²) in [5.74, 6) is 0.329. The predicted octanol–water partition coefficient (Wildman–Crippen LogP) is 9.09. The number of hydrogen-bond acceptors (Lipinski definition) is 9. The molecule has 258 valence electrons. The molecule has 0 aliphatic carbocycles. The third-order valence-corrected chi connectivity index (χ3v) is 9.64. The fourth-order valence-corrected chi connectivity index (χ4v) is 6.63. The van der Waals surface area contributed by atoms with Crippen LogP contribution in [-0.4, -0.2) is 52.3 Å². The van der Waals surface area contributed by atoms with Crippen LogP contribution in [0.1, 0.15) is 115 Å². The van der Waals surface area contributed by atoms with Crippen molar-refractivity contribution in [3.05, 3.63) is 48.5 Å². The van der Waals surface area contributed by atoms with Gasteiger partial charge in [0.25, 0.3) is 0 Å². The lowest BCUT2D eigenvalue weighted by atomic mass is 10.0. The number of rotatable bonds is 29. The van der Waals surface area contributed by atoms with Crippen LogP contribution in [0.5, 0.6) is 0 Å². The van der Waals surface area contributed by atoms with Crippen LogP contribution in [0.15, 0.2) is 43.0 Å². The van der Waals surface area contributed by atoms with E-state index in [0.717, 1.165) is 18.6 Å². The van der Waals surface area contributed by atoms with Gasteiger partial charge in [-0.05, 0) is 18.4 Å². The maximum absolute atomic E-state index is 13.5. The van der Waals surface area contributed by atoms with Gasteiger partial charge >= 0.3 is 7.60 Å². The average molecular weight is 660 g/mol. The molecule has 0 fully saturated rings. The van der Waals surface area contributed by atoms with Crippen molar-refractivity contribution in [2.24, 2.45) is 0 Å². The summed E-state index contributed by atoms with van der Waals surface area (Å²) in [5, 5.41) is 0. The van der Waals surface area contributed by atoms with Crippen molar-refractivity contribution in [1.82, 2.24) is 19.5 Å². The molecule has 0 aliphatic heterocycles. The summed E-state index contributed by atoms with van der Waals surface area (Å²) in [7, 11) is -3.49. The van der Waals surface area contributed by atoms with Crippen LogP contribution >= 0.6 is 7.60 Å². The number of nitrogens with zero attached hydrogens (tertiary/aromatic N) is 4. The molecule has 46 heavy (non-hydrogen) atoms. The van der Waals surface area contributed by atoms with E-state index in [4.69, 9.17) is 24.3 Å². The second-order valence-corrected chi connectivity index (χ2v) is 14.0. The van der Waals surface area contributed by atoms with Gasteiger partial charge in [-0.15, -0.1) is 0 Å². The van der Waals surface area contributed by atoms with Gasteiger partial charge < -0.3 is 28.8 Å². The summed E-state index contributed by atoms with van der Waals surface area (Å²) < 4.78 is 38.5. The van der Waals surface area contributed by atoms with Gasteiger partial charge in [0.1, 0.15) is 18.2 Å². The molecule has 0 bridgehead atoms. The van der Waals surface area contributed by atoms with Gasteiger partial charge in [-0.3, -0.25) is 4.57 Å². The molecule has 2 aromatic heterocycles. The fraction of sp³-hybridized carbons (Fsp3) is 0.686. The topological polar surface area (TPSA) is 124 Å². The minimum Gasteiger partial charge on any atom is -0.382 e.